The smallest absolute Gasteiger partial charge is 0.0815 e. The molecule has 0 amide bonds. The predicted octanol–water partition coefficient (Wildman–Crippen LogP) is 1.12. The van der Waals surface area contributed by atoms with E-state index in [1.54, 1.807) is 0 Å². The minimum atomic E-state index is 0.425. The molecular weight excluding hydrogens is 158 g/mol. The number of hydrogen-bond acceptors (Lipinski definition) is 3. The molecule has 1 heterocycles. The van der Waals surface area contributed by atoms with Gasteiger partial charge in [0.05, 0.1) is 12.7 Å². The summed E-state index contributed by atoms with van der Waals surface area (Å²) in [7, 11) is 0. The average Bonchev–Trinajstić information content (AvgIpc) is 2.07. The van der Waals surface area contributed by atoms with Crippen LogP contribution in [0.1, 0.15) is 13.8 Å². The molecule has 0 saturated carbocycles. The van der Waals surface area contributed by atoms with Crippen molar-refractivity contribution < 1.29 is 4.74 Å². The van der Waals surface area contributed by atoms with Gasteiger partial charge in [-0.3, -0.25) is 0 Å². The lowest BCUT2D eigenvalue weighted by molar-refractivity contribution is 0.0523. The molecule has 66 valence electrons. The number of hydrogen-bond donors (Lipinski definition) is 1. The first kappa shape index (κ1) is 9.36. The molecule has 0 aromatic rings. The van der Waals surface area contributed by atoms with Crippen LogP contribution in [0.2, 0.25) is 0 Å². The molecule has 11 heavy (non-hydrogen) atoms. The highest BCUT2D eigenvalue weighted by molar-refractivity contribution is 7.99. The number of ether oxygens (including phenoxy) is 1. The molecule has 2 nitrogen and oxygen atoms in total. The lowest BCUT2D eigenvalue weighted by Crippen LogP contribution is -2.42. The molecule has 1 N–H and O–H groups in total. The monoisotopic (exact) mass is 175 g/mol. The summed E-state index contributed by atoms with van der Waals surface area (Å²) in [5.41, 5.74) is 0. The van der Waals surface area contributed by atoms with Gasteiger partial charge in [-0.15, -0.1) is 0 Å². The van der Waals surface area contributed by atoms with Gasteiger partial charge in [-0.1, -0.05) is 6.92 Å². The maximum Gasteiger partial charge on any atom is 0.0815 e. The maximum absolute atomic E-state index is 5.61. The second-order valence-corrected chi connectivity index (χ2v) is 3.98. The molecule has 1 rings (SSSR count). The van der Waals surface area contributed by atoms with E-state index < -0.39 is 0 Å². The second-order valence-electron chi connectivity index (χ2n) is 2.83. The summed E-state index contributed by atoms with van der Waals surface area (Å²) in [6.45, 7) is 6.28. The van der Waals surface area contributed by atoms with E-state index >= 15 is 0 Å². The van der Waals surface area contributed by atoms with Crippen LogP contribution in [0.25, 0.3) is 0 Å². The largest absolute Gasteiger partial charge is 0.375 e. The highest BCUT2D eigenvalue weighted by atomic mass is 32.2. The van der Waals surface area contributed by atoms with Crippen molar-refractivity contribution in [3.8, 4) is 0 Å². The van der Waals surface area contributed by atoms with E-state index in [1.165, 1.54) is 0 Å². The zero-order valence-electron chi connectivity index (χ0n) is 7.30. The van der Waals surface area contributed by atoms with E-state index in [2.05, 4.69) is 19.2 Å². The summed E-state index contributed by atoms with van der Waals surface area (Å²) in [6.07, 6.45) is 0.425. The lowest BCUT2D eigenvalue weighted by atomic mass is 10.2. The summed E-state index contributed by atoms with van der Waals surface area (Å²) in [4.78, 5) is 0. The first-order chi connectivity index (χ1) is 5.34. The third kappa shape index (κ3) is 3.01. The summed E-state index contributed by atoms with van der Waals surface area (Å²) < 4.78 is 5.61. The van der Waals surface area contributed by atoms with Gasteiger partial charge in [0.1, 0.15) is 0 Å². The molecule has 1 aliphatic heterocycles. The van der Waals surface area contributed by atoms with E-state index in [9.17, 15) is 0 Å². The van der Waals surface area contributed by atoms with Crippen molar-refractivity contribution in [3.63, 3.8) is 0 Å². The van der Waals surface area contributed by atoms with Gasteiger partial charge < -0.3 is 10.1 Å². The molecular formula is C8H17NOS. The van der Waals surface area contributed by atoms with Gasteiger partial charge in [-0.05, 0) is 13.5 Å². The zero-order chi connectivity index (χ0) is 8.10. The van der Waals surface area contributed by atoms with Gasteiger partial charge in [-0.25, -0.2) is 0 Å². The molecule has 0 aromatic carbocycles. The molecule has 0 bridgehead atoms. The van der Waals surface area contributed by atoms with Crippen LogP contribution in [-0.2, 0) is 4.74 Å². The first-order valence-corrected chi connectivity index (χ1v) is 5.42. The Kier molecular flexibility index (Phi) is 4.26. The topological polar surface area (TPSA) is 21.3 Å². The van der Waals surface area contributed by atoms with E-state index in [1.807, 2.05) is 11.8 Å². The fraction of sp³-hybridized carbons (Fsp3) is 1.00. The predicted molar refractivity (Wildman–Crippen MR) is 50.2 cm³/mol. The van der Waals surface area contributed by atoms with E-state index in [0.29, 0.717) is 12.1 Å². The molecule has 0 spiro atoms. The Hall–Kier alpha value is 0.270. The number of nitrogens with one attached hydrogen (secondary N) is 1. The van der Waals surface area contributed by atoms with Crippen molar-refractivity contribution in [1.82, 2.24) is 5.32 Å². The van der Waals surface area contributed by atoms with Gasteiger partial charge >= 0.3 is 0 Å². The Morgan fingerprint density at radius 2 is 2.55 bits per heavy atom. The zero-order valence-corrected chi connectivity index (χ0v) is 8.12. The molecule has 0 aliphatic carbocycles. The molecule has 0 radical (unpaired) electrons. The standard InChI is InChI=1S/C8H17NOS/c1-3-9-7(2)8-6-11-5-4-10-8/h7-9H,3-6H2,1-2H3. The lowest BCUT2D eigenvalue weighted by Gasteiger charge is -2.28. The highest BCUT2D eigenvalue weighted by Crippen LogP contribution is 2.14. The number of thioether (sulfide) groups is 1. The Morgan fingerprint density at radius 3 is 3.09 bits per heavy atom. The van der Waals surface area contributed by atoms with E-state index in [4.69, 9.17) is 4.74 Å². The van der Waals surface area contributed by atoms with E-state index in [-0.39, 0.29) is 0 Å². The van der Waals surface area contributed by atoms with Crippen molar-refractivity contribution in [2.24, 2.45) is 0 Å². The summed E-state index contributed by atoms with van der Waals surface area (Å²) in [5, 5.41) is 3.38. The van der Waals surface area contributed by atoms with Crippen LogP contribution >= 0.6 is 11.8 Å². The van der Waals surface area contributed by atoms with Crippen molar-refractivity contribution in [2.45, 2.75) is 26.0 Å². The van der Waals surface area contributed by atoms with Crippen molar-refractivity contribution in [1.29, 1.82) is 0 Å². The van der Waals surface area contributed by atoms with Crippen molar-refractivity contribution in [2.75, 3.05) is 24.7 Å². The molecule has 3 heteroatoms. The van der Waals surface area contributed by atoms with Crippen LogP contribution in [-0.4, -0.2) is 36.8 Å². The minimum Gasteiger partial charge on any atom is -0.375 e. The third-order valence-electron chi connectivity index (χ3n) is 1.93. The van der Waals surface area contributed by atoms with Gasteiger partial charge in [0.25, 0.3) is 0 Å². The van der Waals surface area contributed by atoms with Crippen LogP contribution < -0.4 is 5.32 Å². The summed E-state index contributed by atoms with van der Waals surface area (Å²) in [5.74, 6) is 2.31. The van der Waals surface area contributed by atoms with Crippen LogP contribution in [0.3, 0.4) is 0 Å². The maximum atomic E-state index is 5.61. The Labute approximate surface area is 73.1 Å². The van der Waals surface area contributed by atoms with E-state index in [0.717, 1.165) is 24.7 Å². The summed E-state index contributed by atoms with van der Waals surface area (Å²) in [6, 6.07) is 0.507. The Balaban J connectivity index is 2.21. The van der Waals surface area contributed by atoms with Crippen LogP contribution in [0.15, 0.2) is 0 Å². The normalized spacial score (nSPS) is 28.4. The molecule has 1 saturated heterocycles. The van der Waals surface area contributed by atoms with Gasteiger partial charge in [0.15, 0.2) is 0 Å². The van der Waals surface area contributed by atoms with Crippen molar-refractivity contribution in [3.05, 3.63) is 0 Å². The molecule has 0 aromatic heterocycles. The fourth-order valence-corrected chi connectivity index (χ4v) is 2.25. The SMILES string of the molecule is CCNC(C)C1CSCCO1. The molecule has 1 aliphatic rings. The minimum absolute atomic E-state index is 0.425. The van der Waals surface area contributed by atoms with Crippen LogP contribution in [0.5, 0.6) is 0 Å². The first-order valence-electron chi connectivity index (χ1n) is 4.27. The third-order valence-corrected chi connectivity index (χ3v) is 2.95. The molecule has 1 fully saturated rings. The van der Waals surface area contributed by atoms with Gasteiger partial charge in [0.2, 0.25) is 0 Å². The van der Waals surface area contributed by atoms with Gasteiger partial charge in [-0.2, -0.15) is 11.8 Å². The number of likely N-dealkylation sites (N-methyl/N-ethyl adjacent to an activating group) is 1. The Morgan fingerprint density at radius 1 is 1.73 bits per heavy atom. The summed E-state index contributed by atoms with van der Waals surface area (Å²) >= 11 is 1.99. The van der Waals surface area contributed by atoms with Crippen LogP contribution in [0, 0.1) is 0 Å². The van der Waals surface area contributed by atoms with Crippen molar-refractivity contribution >= 4 is 11.8 Å². The molecule has 2 atom stereocenters. The quantitative estimate of drug-likeness (QED) is 0.694. The second kappa shape index (κ2) is 5.01. The Bertz CT molecular complexity index is 104. The van der Waals surface area contributed by atoms with Gasteiger partial charge in [0, 0.05) is 17.5 Å². The fourth-order valence-electron chi connectivity index (χ4n) is 1.25. The highest BCUT2D eigenvalue weighted by Gasteiger charge is 2.19. The molecule has 2 unspecified atom stereocenters. The average molecular weight is 175 g/mol. The van der Waals surface area contributed by atoms with Crippen LogP contribution in [0.4, 0.5) is 0 Å². The number of rotatable bonds is 3.